The highest BCUT2D eigenvalue weighted by molar-refractivity contribution is 6.37. The van der Waals surface area contributed by atoms with Gasteiger partial charge >= 0.3 is 0 Å². The van der Waals surface area contributed by atoms with Crippen LogP contribution < -0.4 is 4.74 Å². The summed E-state index contributed by atoms with van der Waals surface area (Å²) in [6.45, 7) is 2.47. The lowest BCUT2D eigenvalue weighted by atomic mass is 10.3. The molecule has 0 saturated heterocycles. The molecule has 5 nitrogen and oxygen atoms in total. The second-order valence-corrected chi connectivity index (χ2v) is 4.80. The standard InChI is InChI=1S/C12H13Cl2N3O2/c1-8(18)11-7-17(16-15-11)5-6-19-12-9(13)3-2-4-10(12)14/h2-4,7-8,18H,5-6H2,1H3. The van der Waals surface area contributed by atoms with Crippen LogP contribution in [0.25, 0.3) is 0 Å². The first kappa shape index (κ1) is 14.1. The zero-order valence-corrected chi connectivity index (χ0v) is 11.8. The van der Waals surface area contributed by atoms with Gasteiger partial charge in [-0.05, 0) is 19.1 Å². The fraction of sp³-hybridized carbons (Fsp3) is 0.333. The van der Waals surface area contributed by atoms with Crippen LogP contribution in [0.3, 0.4) is 0 Å². The number of benzene rings is 1. The number of hydrogen-bond donors (Lipinski definition) is 1. The molecule has 102 valence electrons. The van der Waals surface area contributed by atoms with Crippen LogP contribution in [0.5, 0.6) is 5.75 Å². The van der Waals surface area contributed by atoms with Crippen molar-refractivity contribution in [2.45, 2.75) is 19.6 Å². The van der Waals surface area contributed by atoms with Crippen LogP contribution in [-0.2, 0) is 6.54 Å². The summed E-state index contributed by atoms with van der Waals surface area (Å²) in [5, 5.41) is 18.0. The molecule has 2 rings (SSSR count). The minimum Gasteiger partial charge on any atom is -0.489 e. The van der Waals surface area contributed by atoms with Crippen molar-refractivity contribution in [2.24, 2.45) is 0 Å². The van der Waals surface area contributed by atoms with Crippen molar-refractivity contribution in [3.63, 3.8) is 0 Å². The number of para-hydroxylation sites is 1. The van der Waals surface area contributed by atoms with E-state index in [0.717, 1.165) is 0 Å². The first-order valence-electron chi connectivity index (χ1n) is 5.73. The molecule has 0 fully saturated rings. The Morgan fingerprint density at radius 2 is 2.05 bits per heavy atom. The highest BCUT2D eigenvalue weighted by Crippen LogP contribution is 2.32. The summed E-state index contributed by atoms with van der Waals surface area (Å²) in [7, 11) is 0. The summed E-state index contributed by atoms with van der Waals surface area (Å²) in [5.74, 6) is 0.460. The van der Waals surface area contributed by atoms with Gasteiger partial charge in [0.05, 0.1) is 28.9 Å². The number of ether oxygens (including phenoxy) is 1. The Morgan fingerprint density at radius 3 is 2.63 bits per heavy atom. The van der Waals surface area contributed by atoms with Crippen LogP contribution >= 0.6 is 23.2 Å². The number of aliphatic hydroxyl groups excluding tert-OH is 1. The van der Waals surface area contributed by atoms with E-state index in [0.29, 0.717) is 34.6 Å². The Hall–Kier alpha value is -1.30. The Balaban J connectivity index is 1.92. The van der Waals surface area contributed by atoms with E-state index >= 15 is 0 Å². The third kappa shape index (κ3) is 3.59. The van der Waals surface area contributed by atoms with E-state index in [1.165, 1.54) is 0 Å². The van der Waals surface area contributed by atoms with Crippen molar-refractivity contribution in [3.8, 4) is 5.75 Å². The smallest absolute Gasteiger partial charge is 0.156 e. The molecule has 0 aliphatic heterocycles. The molecular formula is C12H13Cl2N3O2. The van der Waals surface area contributed by atoms with Gasteiger partial charge in [0.25, 0.3) is 0 Å². The van der Waals surface area contributed by atoms with E-state index in [1.807, 2.05) is 0 Å². The molecule has 1 aromatic heterocycles. The maximum absolute atomic E-state index is 9.33. The number of hydrogen-bond acceptors (Lipinski definition) is 4. The van der Waals surface area contributed by atoms with Gasteiger partial charge in [-0.25, -0.2) is 4.68 Å². The Morgan fingerprint density at radius 1 is 1.37 bits per heavy atom. The molecule has 0 aliphatic rings. The second kappa shape index (κ2) is 6.23. The van der Waals surface area contributed by atoms with Gasteiger partial charge in [-0.2, -0.15) is 0 Å². The number of halogens is 2. The number of nitrogens with zero attached hydrogens (tertiary/aromatic N) is 3. The zero-order chi connectivity index (χ0) is 13.8. The summed E-state index contributed by atoms with van der Waals surface area (Å²) >= 11 is 12.0. The third-order valence-corrected chi connectivity index (χ3v) is 3.07. The molecule has 0 radical (unpaired) electrons. The van der Waals surface area contributed by atoms with Crippen molar-refractivity contribution in [2.75, 3.05) is 6.61 Å². The van der Waals surface area contributed by atoms with E-state index in [2.05, 4.69) is 10.3 Å². The number of rotatable bonds is 5. The Labute approximate surface area is 120 Å². The van der Waals surface area contributed by atoms with Gasteiger partial charge in [0.2, 0.25) is 0 Å². The first-order valence-corrected chi connectivity index (χ1v) is 6.48. The predicted molar refractivity (Wildman–Crippen MR) is 72.6 cm³/mol. The predicted octanol–water partition coefficient (Wildman–Crippen LogP) is 2.72. The average molecular weight is 302 g/mol. The monoisotopic (exact) mass is 301 g/mol. The molecule has 7 heteroatoms. The van der Waals surface area contributed by atoms with Crippen LogP contribution in [0.4, 0.5) is 0 Å². The van der Waals surface area contributed by atoms with Crippen LogP contribution in [0.15, 0.2) is 24.4 Å². The van der Waals surface area contributed by atoms with Gasteiger partial charge < -0.3 is 9.84 Å². The first-order chi connectivity index (χ1) is 9.08. The lowest BCUT2D eigenvalue weighted by Crippen LogP contribution is -2.09. The molecule has 0 bridgehead atoms. The second-order valence-electron chi connectivity index (χ2n) is 3.98. The van der Waals surface area contributed by atoms with Crippen molar-refractivity contribution >= 4 is 23.2 Å². The van der Waals surface area contributed by atoms with E-state index in [9.17, 15) is 5.11 Å². The van der Waals surface area contributed by atoms with Crippen LogP contribution in [-0.4, -0.2) is 26.7 Å². The van der Waals surface area contributed by atoms with Gasteiger partial charge in [0.1, 0.15) is 12.3 Å². The van der Waals surface area contributed by atoms with Crippen LogP contribution in [0.2, 0.25) is 10.0 Å². The van der Waals surface area contributed by atoms with Gasteiger partial charge in [0.15, 0.2) is 5.75 Å². The quantitative estimate of drug-likeness (QED) is 0.922. The lowest BCUT2D eigenvalue weighted by Gasteiger charge is -2.09. The fourth-order valence-corrected chi connectivity index (χ4v) is 1.98. The topological polar surface area (TPSA) is 60.2 Å². The van der Waals surface area contributed by atoms with Crippen LogP contribution in [0, 0.1) is 0 Å². The van der Waals surface area contributed by atoms with E-state index < -0.39 is 6.10 Å². The molecule has 1 heterocycles. The van der Waals surface area contributed by atoms with Crippen molar-refractivity contribution in [1.29, 1.82) is 0 Å². The molecule has 0 spiro atoms. The highest BCUT2D eigenvalue weighted by Gasteiger charge is 2.08. The number of aromatic nitrogens is 3. The van der Waals surface area contributed by atoms with Gasteiger partial charge in [0, 0.05) is 0 Å². The van der Waals surface area contributed by atoms with E-state index in [1.54, 1.807) is 36.0 Å². The molecular weight excluding hydrogens is 289 g/mol. The molecule has 0 aliphatic carbocycles. The van der Waals surface area contributed by atoms with Crippen molar-refractivity contribution in [1.82, 2.24) is 15.0 Å². The van der Waals surface area contributed by atoms with Gasteiger partial charge in [-0.1, -0.05) is 34.5 Å². The molecule has 2 aromatic rings. The van der Waals surface area contributed by atoms with Crippen molar-refractivity contribution in [3.05, 3.63) is 40.1 Å². The lowest BCUT2D eigenvalue weighted by molar-refractivity contribution is 0.194. The summed E-state index contributed by atoms with van der Waals surface area (Å²) in [6, 6.07) is 5.18. The van der Waals surface area contributed by atoms with Gasteiger partial charge in [-0.3, -0.25) is 0 Å². The number of aliphatic hydroxyl groups is 1. The third-order valence-electron chi connectivity index (χ3n) is 2.47. The molecule has 19 heavy (non-hydrogen) atoms. The van der Waals surface area contributed by atoms with E-state index in [4.69, 9.17) is 27.9 Å². The van der Waals surface area contributed by atoms with E-state index in [-0.39, 0.29) is 0 Å². The molecule has 1 N–H and O–H groups in total. The zero-order valence-electron chi connectivity index (χ0n) is 10.3. The molecule has 0 amide bonds. The summed E-state index contributed by atoms with van der Waals surface area (Å²) in [6.07, 6.45) is 1.04. The van der Waals surface area contributed by atoms with Crippen molar-refractivity contribution < 1.29 is 9.84 Å². The minimum atomic E-state index is -0.632. The fourth-order valence-electron chi connectivity index (χ4n) is 1.48. The average Bonchev–Trinajstić information content (AvgIpc) is 2.82. The molecule has 1 unspecified atom stereocenters. The normalized spacial score (nSPS) is 12.4. The summed E-state index contributed by atoms with van der Waals surface area (Å²) in [5.41, 5.74) is 0.524. The maximum atomic E-state index is 9.33. The maximum Gasteiger partial charge on any atom is 0.156 e. The largest absolute Gasteiger partial charge is 0.489 e. The Bertz CT molecular complexity index is 537. The molecule has 0 saturated carbocycles. The summed E-state index contributed by atoms with van der Waals surface area (Å²) in [4.78, 5) is 0. The Kier molecular flexibility index (Phi) is 4.63. The van der Waals surface area contributed by atoms with Gasteiger partial charge in [-0.15, -0.1) is 5.10 Å². The summed E-state index contributed by atoms with van der Waals surface area (Å²) < 4.78 is 7.12. The molecule has 1 aromatic carbocycles. The minimum absolute atomic E-state index is 0.353. The SMILES string of the molecule is CC(O)c1cn(CCOc2c(Cl)cccc2Cl)nn1. The highest BCUT2D eigenvalue weighted by atomic mass is 35.5. The molecule has 1 atom stereocenters. The van der Waals surface area contributed by atoms with Crippen LogP contribution in [0.1, 0.15) is 18.7 Å².